The summed E-state index contributed by atoms with van der Waals surface area (Å²) >= 11 is 9.52. The molecule has 0 bridgehead atoms. The molecule has 2 N–H and O–H groups in total. The van der Waals surface area contributed by atoms with Crippen LogP contribution in [0.4, 0.5) is 11.5 Å². The maximum absolute atomic E-state index is 12.3. The van der Waals surface area contributed by atoms with Crippen molar-refractivity contribution in [3.8, 4) is 0 Å². The van der Waals surface area contributed by atoms with E-state index in [1.54, 1.807) is 13.1 Å². The first-order valence-corrected chi connectivity index (χ1v) is 7.51. The highest BCUT2D eigenvalue weighted by molar-refractivity contribution is 9.10. The predicted molar refractivity (Wildman–Crippen MR) is 90.4 cm³/mol. The second kappa shape index (κ2) is 6.45. The molecule has 6 heteroatoms. The predicted octanol–water partition coefficient (Wildman–Crippen LogP) is 4.41. The molecule has 1 aromatic heterocycles. The highest BCUT2D eigenvalue weighted by atomic mass is 79.9. The Morgan fingerprint density at radius 1 is 1.29 bits per heavy atom. The second-order valence-electron chi connectivity index (χ2n) is 4.70. The molecule has 2 aromatic rings. The second-order valence-corrected chi connectivity index (χ2v) is 5.96. The van der Waals surface area contributed by atoms with Gasteiger partial charge < -0.3 is 10.6 Å². The van der Waals surface area contributed by atoms with Crippen LogP contribution in [0.3, 0.4) is 0 Å². The average Bonchev–Trinajstić information content (AvgIpc) is 2.42. The number of hydrogen-bond donors (Lipinski definition) is 2. The van der Waals surface area contributed by atoms with E-state index < -0.39 is 0 Å². The van der Waals surface area contributed by atoms with Crippen LogP contribution >= 0.6 is 27.5 Å². The maximum Gasteiger partial charge on any atom is 0.257 e. The summed E-state index contributed by atoms with van der Waals surface area (Å²) in [6, 6.07) is 5.56. The van der Waals surface area contributed by atoms with Crippen molar-refractivity contribution in [2.24, 2.45) is 0 Å². The minimum atomic E-state index is -0.250. The fourth-order valence-electron chi connectivity index (χ4n) is 2.01. The van der Waals surface area contributed by atoms with Crippen molar-refractivity contribution in [2.45, 2.75) is 13.8 Å². The zero-order valence-corrected chi connectivity index (χ0v) is 14.3. The lowest BCUT2D eigenvalue weighted by Crippen LogP contribution is -2.14. The SMILES string of the molecule is CNc1ncc(C(=O)Nc2c(C)cc(C)cc2Br)cc1Cl. The van der Waals surface area contributed by atoms with Gasteiger partial charge in [-0.2, -0.15) is 0 Å². The monoisotopic (exact) mass is 367 g/mol. The van der Waals surface area contributed by atoms with E-state index in [9.17, 15) is 4.79 Å². The summed E-state index contributed by atoms with van der Waals surface area (Å²) in [6.45, 7) is 3.95. The number of halogens is 2. The number of carbonyl (C=O) groups is 1. The van der Waals surface area contributed by atoms with Crippen LogP contribution in [0.2, 0.25) is 5.02 Å². The summed E-state index contributed by atoms with van der Waals surface area (Å²) in [7, 11) is 1.72. The Morgan fingerprint density at radius 2 is 2.00 bits per heavy atom. The van der Waals surface area contributed by atoms with Gasteiger partial charge in [-0.05, 0) is 53.0 Å². The molecule has 4 nitrogen and oxygen atoms in total. The molecule has 0 aliphatic rings. The van der Waals surface area contributed by atoms with Crippen LogP contribution in [0.5, 0.6) is 0 Å². The molecule has 0 spiro atoms. The van der Waals surface area contributed by atoms with E-state index in [0.29, 0.717) is 16.4 Å². The van der Waals surface area contributed by atoms with Crippen molar-refractivity contribution in [1.29, 1.82) is 0 Å². The van der Waals surface area contributed by atoms with Crippen molar-refractivity contribution in [1.82, 2.24) is 4.98 Å². The standard InChI is InChI=1S/C15H15BrClN3O/c1-8-4-9(2)13(11(16)5-8)20-15(21)10-6-12(17)14(18-3)19-7-10/h4-7H,1-3H3,(H,18,19)(H,20,21). The number of pyridine rings is 1. The topological polar surface area (TPSA) is 54.0 Å². The average molecular weight is 369 g/mol. The molecule has 1 amide bonds. The highest BCUT2D eigenvalue weighted by Crippen LogP contribution is 2.28. The molecular weight excluding hydrogens is 354 g/mol. The smallest absolute Gasteiger partial charge is 0.257 e. The van der Waals surface area contributed by atoms with E-state index in [-0.39, 0.29) is 5.91 Å². The first kappa shape index (κ1) is 15.8. The lowest BCUT2D eigenvalue weighted by molar-refractivity contribution is 0.102. The van der Waals surface area contributed by atoms with Crippen LogP contribution in [0, 0.1) is 13.8 Å². The number of anilines is 2. The van der Waals surface area contributed by atoms with Gasteiger partial charge in [-0.15, -0.1) is 0 Å². The Labute approximate surface area is 137 Å². The summed E-state index contributed by atoms with van der Waals surface area (Å²) in [5.74, 6) is 0.292. The molecule has 0 atom stereocenters. The van der Waals surface area contributed by atoms with E-state index in [2.05, 4.69) is 31.5 Å². The number of benzene rings is 1. The van der Waals surface area contributed by atoms with Gasteiger partial charge in [0.2, 0.25) is 0 Å². The van der Waals surface area contributed by atoms with Crippen molar-refractivity contribution in [3.63, 3.8) is 0 Å². The first-order valence-electron chi connectivity index (χ1n) is 6.33. The van der Waals surface area contributed by atoms with E-state index in [0.717, 1.165) is 21.3 Å². The third-order valence-corrected chi connectivity index (χ3v) is 3.92. The lowest BCUT2D eigenvalue weighted by atomic mass is 10.1. The van der Waals surface area contributed by atoms with Crippen molar-refractivity contribution < 1.29 is 4.79 Å². The van der Waals surface area contributed by atoms with Crippen molar-refractivity contribution in [3.05, 3.63) is 50.6 Å². The molecule has 2 rings (SSSR count). The Morgan fingerprint density at radius 3 is 2.57 bits per heavy atom. The molecule has 0 aliphatic carbocycles. The Hall–Kier alpha value is -1.59. The van der Waals surface area contributed by atoms with Crippen LogP contribution < -0.4 is 10.6 Å². The quantitative estimate of drug-likeness (QED) is 0.844. The fourth-order valence-corrected chi connectivity index (χ4v) is 3.04. The molecule has 0 saturated heterocycles. The Bertz CT molecular complexity index is 680. The van der Waals surface area contributed by atoms with Crippen LogP contribution in [-0.4, -0.2) is 17.9 Å². The van der Waals surface area contributed by atoms with Gasteiger partial charge in [0.25, 0.3) is 5.91 Å². The van der Waals surface area contributed by atoms with Gasteiger partial charge >= 0.3 is 0 Å². The molecule has 0 radical (unpaired) electrons. The van der Waals surface area contributed by atoms with Gasteiger partial charge in [-0.25, -0.2) is 4.98 Å². The summed E-state index contributed by atoms with van der Waals surface area (Å²) in [4.78, 5) is 16.4. The van der Waals surface area contributed by atoms with Gasteiger partial charge in [-0.1, -0.05) is 17.7 Å². The van der Waals surface area contributed by atoms with E-state index >= 15 is 0 Å². The molecule has 1 heterocycles. The Balaban J connectivity index is 2.28. The number of carbonyl (C=O) groups excluding carboxylic acids is 1. The number of rotatable bonds is 3. The number of nitrogens with zero attached hydrogens (tertiary/aromatic N) is 1. The molecular formula is C15H15BrClN3O. The number of aryl methyl sites for hydroxylation is 2. The zero-order chi connectivity index (χ0) is 15.6. The third-order valence-electron chi connectivity index (χ3n) is 3.01. The van der Waals surface area contributed by atoms with E-state index in [1.165, 1.54) is 6.20 Å². The fraction of sp³-hybridized carbons (Fsp3) is 0.200. The molecule has 0 unspecified atom stereocenters. The number of nitrogens with one attached hydrogen (secondary N) is 2. The molecule has 1 aromatic carbocycles. The summed E-state index contributed by atoms with van der Waals surface area (Å²) < 4.78 is 0.847. The van der Waals surface area contributed by atoms with Gasteiger partial charge in [-0.3, -0.25) is 4.79 Å². The van der Waals surface area contributed by atoms with Gasteiger partial charge in [0.15, 0.2) is 0 Å². The molecule has 0 aliphatic heterocycles. The van der Waals surface area contributed by atoms with Crippen LogP contribution in [0.1, 0.15) is 21.5 Å². The van der Waals surface area contributed by atoms with E-state index in [4.69, 9.17) is 11.6 Å². The van der Waals surface area contributed by atoms with Crippen LogP contribution in [-0.2, 0) is 0 Å². The van der Waals surface area contributed by atoms with Gasteiger partial charge in [0, 0.05) is 17.7 Å². The van der Waals surface area contributed by atoms with Gasteiger partial charge in [0.1, 0.15) is 5.82 Å². The largest absolute Gasteiger partial charge is 0.372 e. The molecule has 0 saturated carbocycles. The number of amides is 1. The zero-order valence-electron chi connectivity index (χ0n) is 11.9. The lowest BCUT2D eigenvalue weighted by Gasteiger charge is -2.12. The first-order chi connectivity index (χ1) is 9.92. The third kappa shape index (κ3) is 3.54. The Kier molecular flexibility index (Phi) is 4.85. The van der Waals surface area contributed by atoms with Crippen LogP contribution in [0.15, 0.2) is 28.9 Å². The normalized spacial score (nSPS) is 10.3. The highest BCUT2D eigenvalue weighted by Gasteiger charge is 2.13. The van der Waals surface area contributed by atoms with Crippen molar-refractivity contribution in [2.75, 3.05) is 17.7 Å². The molecule has 0 fully saturated rings. The maximum atomic E-state index is 12.3. The minimum Gasteiger partial charge on any atom is -0.372 e. The molecule has 21 heavy (non-hydrogen) atoms. The van der Waals surface area contributed by atoms with Crippen molar-refractivity contribution >= 4 is 44.9 Å². The summed E-state index contributed by atoms with van der Waals surface area (Å²) in [6.07, 6.45) is 1.49. The summed E-state index contributed by atoms with van der Waals surface area (Å²) in [5, 5.41) is 6.14. The van der Waals surface area contributed by atoms with Gasteiger partial charge in [0.05, 0.1) is 16.3 Å². The van der Waals surface area contributed by atoms with E-state index in [1.807, 2.05) is 26.0 Å². The number of hydrogen-bond acceptors (Lipinski definition) is 3. The molecule has 110 valence electrons. The number of aromatic nitrogens is 1. The van der Waals surface area contributed by atoms with Crippen LogP contribution in [0.25, 0.3) is 0 Å². The minimum absolute atomic E-state index is 0.250. The summed E-state index contributed by atoms with van der Waals surface area (Å²) in [5.41, 5.74) is 3.27.